The number of hydrogen-bond acceptors (Lipinski definition) is 2. The van der Waals surface area contributed by atoms with Crippen molar-refractivity contribution in [2.24, 2.45) is 11.8 Å². The van der Waals surface area contributed by atoms with Gasteiger partial charge in [-0.15, -0.1) is 0 Å². The van der Waals surface area contributed by atoms with Crippen molar-refractivity contribution in [1.29, 1.82) is 0 Å². The molecule has 2 unspecified atom stereocenters. The fraction of sp³-hybridized carbons (Fsp3) is 1.00. The van der Waals surface area contributed by atoms with Crippen LogP contribution in [0.2, 0.25) is 0 Å². The lowest BCUT2D eigenvalue weighted by Crippen LogP contribution is -2.36. The molecule has 2 atom stereocenters. The summed E-state index contributed by atoms with van der Waals surface area (Å²) in [6, 6.07) is 0. The molecule has 2 fully saturated rings. The van der Waals surface area contributed by atoms with Crippen molar-refractivity contribution in [2.45, 2.75) is 51.0 Å². The Kier molecular flexibility index (Phi) is 3.82. The summed E-state index contributed by atoms with van der Waals surface area (Å²) < 4.78 is 5.49. The molecule has 0 spiro atoms. The lowest BCUT2D eigenvalue weighted by Gasteiger charge is -2.33. The topological polar surface area (TPSA) is 29.5 Å². The minimum Gasteiger partial charge on any atom is -0.393 e. The van der Waals surface area contributed by atoms with Gasteiger partial charge in [0.25, 0.3) is 0 Å². The third-order valence-corrected chi connectivity index (χ3v) is 3.87. The molecule has 2 aliphatic rings. The molecule has 0 aromatic heterocycles. The standard InChI is InChI=1S/C12H22O2/c13-12-7-8-14-9-11(12)10-5-3-1-2-4-6-10/h10-13H,1-9H2. The van der Waals surface area contributed by atoms with Gasteiger partial charge in [0.1, 0.15) is 0 Å². The summed E-state index contributed by atoms with van der Waals surface area (Å²) in [4.78, 5) is 0. The SMILES string of the molecule is OC1CCOCC1C1CCCCCC1. The first kappa shape index (κ1) is 10.4. The van der Waals surface area contributed by atoms with Crippen LogP contribution in [0.4, 0.5) is 0 Å². The Bertz CT molecular complexity index is 162. The second-order valence-corrected chi connectivity index (χ2v) is 4.85. The van der Waals surface area contributed by atoms with Crippen molar-refractivity contribution >= 4 is 0 Å². The second kappa shape index (κ2) is 5.13. The Morgan fingerprint density at radius 2 is 1.64 bits per heavy atom. The van der Waals surface area contributed by atoms with Crippen LogP contribution in [-0.2, 0) is 4.74 Å². The van der Waals surface area contributed by atoms with Crippen molar-refractivity contribution in [3.05, 3.63) is 0 Å². The molecule has 1 saturated heterocycles. The number of hydrogen-bond donors (Lipinski definition) is 1. The van der Waals surface area contributed by atoms with Crippen molar-refractivity contribution in [3.63, 3.8) is 0 Å². The van der Waals surface area contributed by atoms with Crippen molar-refractivity contribution in [2.75, 3.05) is 13.2 Å². The van der Waals surface area contributed by atoms with E-state index in [0.29, 0.717) is 5.92 Å². The van der Waals surface area contributed by atoms with Gasteiger partial charge in [-0.3, -0.25) is 0 Å². The maximum Gasteiger partial charge on any atom is 0.0615 e. The predicted molar refractivity (Wildman–Crippen MR) is 56.1 cm³/mol. The quantitative estimate of drug-likeness (QED) is 0.655. The van der Waals surface area contributed by atoms with E-state index in [-0.39, 0.29) is 6.10 Å². The zero-order valence-electron chi connectivity index (χ0n) is 8.95. The molecule has 2 heteroatoms. The molecule has 2 rings (SSSR count). The molecule has 1 aliphatic carbocycles. The summed E-state index contributed by atoms with van der Waals surface area (Å²) in [6.45, 7) is 1.55. The zero-order chi connectivity index (χ0) is 9.80. The molecule has 1 heterocycles. The van der Waals surface area contributed by atoms with E-state index in [2.05, 4.69) is 0 Å². The van der Waals surface area contributed by atoms with E-state index in [9.17, 15) is 5.11 Å². The maximum atomic E-state index is 9.93. The smallest absolute Gasteiger partial charge is 0.0615 e. The molecule has 1 N–H and O–H groups in total. The highest BCUT2D eigenvalue weighted by molar-refractivity contribution is 4.80. The Morgan fingerprint density at radius 1 is 0.929 bits per heavy atom. The first-order chi connectivity index (χ1) is 6.88. The van der Waals surface area contributed by atoms with Gasteiger partial charge < -0.3 is 9.84 Å². The number of aliphatic hydroxyl groups is 1. The molecule has 0 bridgehead atoms. The molecule has 1 aliphatic heterocycles. The molecule has 1 saturated carbocycles. The van der Waals surface area contributed by atoms with E-state index in [0.717, 1.165) is 25.6 Å². The van der Waals surface area contributed by atoms with E-state index in [1.807, 2.05) is 0 Å². The second-order valence-electron chi connectivity index (χ2n) is 4.85. The average Bonchev–Trinajstić information content (AvgIpc) is 2.47. The molecule has 0 amide bonds. The summed E-state index contributed by atoms with van der Waals surface area (Å²) in [6.07, 6.45) is 8.87. The van der Waals surface area contributed by atoms with Gasteiger partial charge in [-0.25, -0.2) is 0 Å². The first-order valence-electron chi connectivity index (χ1n) is 6.14. The van der Waals surface area contributed by atoms with Crippen molar-refractivity contribution in [3.8, 4) is 0 Å². The number of aliphatic hydroxyl groups excluding tert-OH is 1. The molecule has 2 nitrogen and oxygen atoms in total. The van der Waals surface area contributed by atoms with Crippen LogP contribution in [0.25, 0.3) is 0 Å². The number of rotatable bonds is 1. The highest BCUT2D eigenvalue weighted by atomic mass is 16.5. The minimum absolute atomic E-state index is 0.0909. The lowest BCUT2D eigenvalue weighted by molar-refractivity contribution is -0.0599. The maximum absolute atomic E-state index is 9.93. The average molecular weight is 198 g/mol. The van der Waals surface area contributed by atoms with E-state index < -0.39 is 0 Å². The molecular formula is C12H22O2. The van der Waals surface area contributed by atoms with E-state index in [1.165, 1.54) is 38.5 Å². The van der Waals surface area contributed by atoms with Crippen LogP contribution >= 0.6 is 0 Å². The van der Waals surface area contributed by atoms with E-state index >= 15 is 0 Å². The molecule has 0 aromatic carbocycles. The summed E-state index contributed by atoms with van der Waals surface area (Å²) in [5, 5.41) is 9.93. The normalized spacial score (nSPS) is 36.6. The minimum atomic E-state index is -0.0909. The highest BCUT2D eigenvalue weighted by Crippen LogP contribution is 2.33. The summed E-state index contributed by atoms with van der Waals surface area (Å²) in [5.74, 6) is 1.16. The first-order valence-corrected chi connectivity index (χ1v) is 6.14. The van der Waals surface area contributed by atoms with Gasteiger partial charge in [-0.05, 0) is 12.3 Å². The Balaban J connectivity index is 1.90. The number of ether oxygens (including phenoxy) is 1. The van der Waals surface area contributed by atoms with Crippen LogP contribution in [0.3, 0.4) is 0 Å². The van der Waals surface area contributed by atoms with E-state index in [1.54, 1.807) is 0 Å². The molecule has 82 valence electrons. The molecule has 14 heavy (non-hydrogen) atoms. The molecular weight excluding hydrogens is 176 g/mol. The van der Waals surface area contributed by atoms with Gasteiger partial charge in [0, 0.05) is 12.5 Å². The largest absolute Gasteiger partial charge is 0.393 e. The third kappa shape index (κ3) is 2.48. The fourth-order valence-corrected chi connectivity index (χ4v) is 2.94. The molecule has 0 radical (unpaired) electrons. The van der Waals surface area contributed by atoms with Gasteiger partial charge in [0.05, 0.1) is 12.7 Å². The van der Waals surface area contributed by atoms with Gasteiger partial charge in [-0.1, -0.05) is 38.5 Å². The third-order valence-electron chi connectivity index (χ3n) is 3.87. The lowest BCUT2D eigenvalue weighted by atomic mass is 9.81. The summed E-state index contributed by atoms with van der Waals surface area (Å²) >= 11 is 0. The van der Waals surface area contributed by atoms with E-state index in [4.69, 9.17) is 4.74 Å². The highest BCUT2D eigenvalue weighted by Gasteiger charge is 2.31. The van der Waals surface area contributed by atoms with Crippen molar-refractivity contribution in [1.82, 2.24) is 0 Å². The molecule has 0 aromatic rings. The zero-order valence-corrected chi connectivity index (χ0v) is 8.95. The monoisotopic (exact) mass is 198 g/mol. The van der Waals surface area contributed by atoms with Gasteiger partial charge in [-0.2, -0.15) is 0 Å². The van der Waals surface area contributed by atoms with Crippen LogP contribution in [0.1, 0.15) is 44.9 Å². The van der Waals surface area contributed by atoms with Gasteiger partial charge in [0.2, 0.25) is 0 Å². The van der Waals surface area contributed by atoms with Crippen LogP contribution in [0.5, 0.6) is 0 Å². The van der Waals surface area contributed by atoms with Crippen molar-refractivity contribution < 1.29 is 9.84 Å². The van der Waals surface area contributed by atoms with Gasteiger partial charge in [0.15, 0.2) is 0 Å². The van der Waals surface area contributed by atoms with Crippen LogP contribution in [-0.4, -0.2) is 24.4 Å². The summed E-state index contributed by atoms with van der Waals surface area (Å²) in [5.41, 5.74) is 0. The van der Waals surface area contributed by atoms with Crippen LogP contribution in [0, 0.1) is 11.8 Å². The van der Waals surface area contributed by atoms with Crippen LogP contribution in [0.15, 0.2) is 0 Å². The Morgan fingerprint density at radius 3 is 2.29 bits per heavy atom. The predicted octanol–water partition coefficient (Wildman–Crippen LogP) is 2.35. The van der Waals surface area contributed by atoms with Crippen LogP contribution < -0.4 is 0 Å². The Hall–Kier alpha value is -0.0800. The fourth-order valence-electron chi connectivity index (χ4n) is 2.94. The van der Waals surface area contributed by atoms with Gasteiger partial charge >= 0.3 is 0 Å². The Labute approximate surface area is 86.6 Å². The summed E-state index contributed by atoms with van der Waals surface area (Å²) in [7, 11) is 0.